The molecule has 262 valence electrons. The number of halogens is 1. The van der Waals surface area contributed by atoms with E-state index in [1.807, 2.05) is 13.8 Å². The number of ether oxygens (including phenoxy) is 2. The molecule has 1 aliphatic heterocycles. The van der Waals surface area contributed by atoms with Gasteiger partial charge in [0.15, 0.2) is 0 Å². The Hall–Kier alpha value is -3.56. The number of carbonyl (C=O) groups excluding carboxylic acids is 1. The highest BCUT2D eigenvalue weighted by molar-refractivity contribution is 7.92. The van der Waals surface area contributed by atoms with E-state index in [9.17, 15) is 31.1 Å². The van der Waals surface area contributed by atoms with Crippen LogP contribution in [0, 0.1) is 11.7 Å². The number of nitrogens with zero attached hydrogens (tertiary/aromatic N) is 2. The van der Waals surface area contributed by atoms with Crippen molar-refractivity contribution in [1.82, 2.24) is 9.21 Å². The minimum atomic E-state index is -3.98. The normalized spacial score (nSPS) is 20.8. The molecule has 0 spiro atoms. The number of hydrogen-bond acceptors (Lipinski definition) is 8. The van der Waals surface area contributed by atoms with Crippen LogP contribution >= 0.6 is 0 Å². The van der Waals surface area contributed by atoms with Crippen molar-refractivity contribution in [1.29, 1.82) is 0 Å². The van der Waals surface area contributed by atoms with E-state index < -0.39 is 49.8 Å². The Morgan fingerprint density at radius 3 is 2.35 bits per heavy atom. The molecule has 3 aromatic rings. The molecule has 14 heteroatoms. The van der Waals surface area contributed by atoms with Gasteiger partial charge >= 0.3 is 0 Å². The predicted molar refractivity (Wildman–Crippen MR) is 180 cm³/mol. The van der Waals surface area contributed by atoms with Crippen molar-refractivity contribution >= 4 is 31.6 Å². The fourth-order valence-electron chi connectivity index (χ4n) is 5.40. The molecule has 0 bridgehead atoms. The Labute approximate surface area is 282 Å². The quantitative estimate of drug-likeness (QED) is 0.325. The summed E-state index contributed by atoms with van der Waals surface area (Å²) < 4.78 is 82.5. The molecule has 0 fully saturated rings. The summed E-state index contributed by atoms with van der Waals surface area (Å²) in [4.78, 5) is 15.8. The van der Waals surface area contributed by atoms with Crippen LogP contribution in [0.1, 0.15) is 50.4 Å². The SMILES string of the molecule is C[C@@H]1CCCCO[C@@H](CN(C)S(=O)(=O)c2ccc(F)cc2)[C@H](C)CN([C@H](C)CO)C(=O)c2cc(NS(=O)(=O)c3ccccc3)ccc2O1. The molecule has 2 N–H and O–H groups in total. The number of aliphatic hydroxyl groups excluding tert-OH is 1. The largest absolute Gasteiger partial charge is 0.490 e. The Balaban J connectivity index is 1.67. The zero-order chi connectivity index (χ0) is 35.1. The molecule has 0 radical (unpaired) electrons. The Morgan fingerprint density at radius 1 is 1.00 bits per heavy atom. The fourth-order valence-corrected chi connectivity index (χ4v) is 7.65. The Kier molecular flexibility index (Phi) is 12.6. The molecular formula is C34H44FN3O8S2. The molecule has 11 nitrogen and oxygen atoms in total. The molecule has 0 unspecified atom stereocenters. The first-order valence-corrected chi connectivity index (χ1v) is 18.8. The number of hydrogen-bond donors (Lipinski definition) is 2. The number of carbonyl (C=O) groups is 1. The number of rotatable bonds is 9. The van der Waals surface area contributed by atoms with E-state index in [1.165, 1.54) is 48.3 Å². The predicted octanol–water partition coefficient (Wildman–Crippen LogP) is 4.74. The number of anilines is 1. The average Bonchev–Trinajstić information content (AvgIpc) is 3.06. The maximum absolute atomic E-state index is 14.3. The topological polar surface area (TPSA) is 143 Å². The third-order valence-electron chi connectivity index (χ3n) is 8.32. The number of aliphatic hydroxyl groups is 1. The summed E-state index contributed by atoms with van der Waals surface area (Å²) in [6.45, 7) is 5.40. The molecule has 1 amide bonds. The van der Waals surface area contributed by atoms with Gasteiger partial charge in [0.1, 0.15) is 11.6 Å². The van der Waals surface area contributed by atoms with E-state index in [0.717, 1.165) is 22.9 Å². The van der Waals surface area contributed by atoms with Gasteiger partial charge in [0.2, 0.25) is 10.0 Å². The zero-order valence-corrected chi connectivity index (χ0v) is 29.2. The second-order valence-corrected chi connectivity index (χ2v) is 15.9. The summed E-state index contributed by atoms with van der Waals surface area (Å²) in [5.41, 5.74) is 0.259. The van der Waals surface area contributed by atoms with E-state index in [0.29, 0.717) is 19.4 Å². The van der Waals surface area contributed by atoms with E-state index >= 15 is 0 Å². The summed E-state index contributed by atoms with van der Waals surface area (Å²) in [7, 11) is -6.51. The molecule has 3 aromatic carbocycles. The van der Waals surface area contributed by atoms with Gasteiger partial charge in [-0.15, -0.1) is 0 Å². The van der Waals surface area contributed by atoms with Crippen LogP contribution in [0.3, 0.4) is 0 Å². The van der Waals surface area contributed by atoms with Crippen LogP contribution < -0.4 is 9.46 Å². The van der Waals surface area contributed by atoms with Crippen LogP contribution in [0.5, 0.6) is 5.75 Å². The minimum absolute atomic E-state index is 0.0437. The van der Waals surface area contributed by atoms with Crippen LogP contribution in [0.4, 0.5) is 10.1 Å². The van der Waals surface area contributed by atoms with Gasteiger partial charge in [-0.25, -0.2) is 21.2 Å². The van der Waals surface area contributed by atoms with Gasteiger partial charge in [0, 0.05) is 38.3 Å². The average molecular weight is 706 g/mol. The minimum Gasteiger partial charge on any atom is -0.490 e. The lowest BCUT2D eigenvalue weighted by molar-refractivity contribution is -0.00834. The van der Waals surface area contributed by atoms with E-state index in [-0.39, 0.29) is 52.6 Å². The van der Waals surface area contributed by atoms with Crippen molar-refractivity contribution in [3.63, 3.8) is 0 Å². The third-order valence-corrected chi connectivity index (χ3v) is 11.6. The van der Waals surface area contributed by atoms with Gasteiger partial charge in [0.05, 0.1) is 40.2 Å². The van der Waals surface area contributed by atoms with Crippen LogP contribution in [-0.4, -0.2) is 88.7 Å². The fraction of sp³-hybridized carbons (Fsp3) is 0.441. The second kappa shape index (κ2) is 16.2. The lowest BCUT2D eigenvalue weighted by Gasteiger charge is -2.35. The van der Waals surface area contributed by atoms with Crippen molar-refractivity contribution in [3.05, 3.63) is 84.2 Å². The Morgan fingerprint density at radius 2 is 1.69 bits per heavy atom. The van der Waals surface area contributed by atoms with Gasteiger partial charge in [-0.3, -0.25) is 9.52 Å². The van der Waals surface area contributed by atoms with E-state index in [1.54, 1.807) is 31.2 Å². The van der Waals surface area contributed by atoms with Crippen molar-refractivity contribution in [2.45, 2.75) is 68.1 Å². The lowest BCUT2D eigenvalue weighted by Crippen LogP contribution is -2.48. The van der Waals surface area contributed by atoms with Crippen LogP contribution in [0.25, 0.3) is 0 Å². The molecule has 0 aromatic heterocycles. The van der Waals surface area contributed by atoms with Crippen molar-refractivity contribution in [3.8, 4) is 5.75 Å². The van der Waals surface area contributed by atoms with Crippen LogP contribution in [0.2, 0.25) is 0 Å². The van der Waals surface area contributed by atoms with Gasteiger partial charge in [-0.2, -0.15) is 4.31 Å². The third kappa shape index (κ3) is 9.32. The van der Waals surface area contributed by atoms with E-state index in [2.05, 4.69) is 4.72 Å². The maximum atomic E-state index is 14.3. The summed E-state index contributed by atoms with van der Waals surface area (Å²) in [6, 6.07) is 16.3. The molecule has 4 rings (SSSR count). The summed E-state index contributed by atoms with van der Waals surface area (Å²) in [6.07, 6.45) is 1.10. The second-order valence-electron chi connectivity index (χ2n) is 12.2. The number of likely N-dealkylation sites (N-methyl/N-ethyl adjacent to an activating group) is 1. The monoisotopic (exact) mass is 705 g/mol. The molecule has 1 aliphatic rings. The van der Waals surface area contributed by atoms with E-state index in [4.69, 9.17) is 9.47 Å². The summed E-state index contributed by atoms with van der Waals surface area (Å²) in [5, 5.41) is 10.2. The smallest absolute Gasteiger partial charge is 0.261 e. The Bertz CT molecular complexity index is 1740. The molecule has 0 aliphatic carbocycles. The zero-order valence-electron chi connectivity index (χ0n) is 27.6. The molecule has 1 heterocycles. The van der Waals surface area contributed by atoms with Gasteiger partial charge < -0.3 is 19.5 Å². The first kappa shape index (κ1) is 37.3. The number of fused-ring (bicyclic) bond motifs is 1. The summed E-state index contributed by atoms with van der Waals surface area (Å²) in [5.74, 6) is -1.20. The first-order chi connectivity index (χ1) is 22.7. The molecule has 48 heavy (non-hydrogen) atoms. The summed E-state index contributed by atoms with van der Waals surface area (Å²) >= 11 is 0. The van der Waals surface area contributed by atoms with Gasteiger partial charge in [-0.1, -0.05) is 25.1 Å². The van der Waals surface area contributed by atoms with Crippen molar-refractivity contribution in [2.24, 2.45) is 5.92 Å². The first-order valence-electron chi connectivity index (χ1n) is 15.9. The highest BCUT2D eigenvalue weighted by atomic mass is 32.2. The van der Waals surface area contributed by atoms with Crippen molar-refractivity contribution in [2.75, 3.05) is 38.1 Å². The highest BCUT2D eigenvalue weighted by Crippen LogP contribution is 2.30. The number of sulfonamides is 2. The number of nitrogens with one attached hydrogen (secondary N) is 1. The molecule has 0 saturated heterocycles. The molecule has 0 saturated carbocycles. The molecule has 4 atom stereocenters. The molecular weight excluding hydrogens is 662 g/mol. The number of amides is 1. The van der Waals surface area contributed by atoms with Gasteiger partial charge in [0.25, 0.3) is 15.9 Å². The van der Waals surface area contributed by atoms with Crippen LogP contribution in [0.15, 0.2) is 82.6 Å². The standard InChI is InChI=1S/C34H44FN3O8S2/c1-24-21-38(25(2)23-39)34(40)31-20-28(36-47(41,42)29-11-6-5-7-12-29)15-18-32(31)46-26(3)10-8-9-19-45-33(24)22-37(4)48(43,44)30-16-13-27(35)14-17-30/h5-7,11-18,20,24-26,33,36,39H,8-10,19,21-23H2,1-4H3/t24-,25-,26-,33+/m1/s1. The van der Waals surface area contributed by atoms with Crippen LogP contribution in [-0.2, 0) is 24.8 Å². The maximum Gasteiger partial charge on any atom is 0.261 e. The van der Waals surface area contributed by atoms with Gasteiger partial charge in [-0.05, 0) is 87.7 Å². The van der Waals surface area contributed by atoms with Crippen molar-refractivity contribution < 1.29 is 40.6 Å². The highest BCUT2D eigenvalue weighted by Gasteiger charge is 2.32. The number of benzene rings is 3. The lowest BCUT2D eigenvalue weighted by atomic mass is 10.0.